The second-order valence-electron chi connectivity index (χ2n) is 3.60. The lowest BCUT2D eigenvalue weighted by Gasteiger charge is -2.37. The molecule has 1 fully saturated rings. The lowest BCUT2D eigenvalue weighted by atomic mass is 9.92. The zero-order valence-corrected chi connectivity index (χ0v) is 8.91. The molecule has 0 aromatic carbocycles. The minimum Gasteiger partial charge on any atom is -0.396 e. The van der Waals surface area contributed by atoms with Crippen LogP contribution in [0.3, 0.4) is 0 Å². The van der Waals surface area contributed by atoms with Gasteiger partial charge < -0.3 is 16.2 Å². The summed E-state index contributed by atoms with van der Waals surface area (Å²) < 4.78 is 0. The predicted molar refractivity (Wildman–Crippen MR) is 58.0 cm³/mol. The summed E-state index contributed by atoms with van der Waals surface area (Å²) in [6.07, 6.45) is 3.16. The van der Waals surface area contributed by atoms with E-state index in [9.17, 15) is 0 Å². The molecule has 13 heavy (non-hydrogen) atoms. The van der Waals surface area contributed by atoms with E-state index in [0.717, 1.165) is 19.5 Å². The predicted octanol–water partition coefficient (Wildman–Crippen LogP) is 0.183. The van der Waals surface area contributed by atoms with Crippen LogP contribution in [0.4, 0.5) is 0 Å². The first-order chi connectivity index (χ1) is 6.33. The Kier molecular flexibility index (Phi) is 5.09. The molecular formula is C9H20N2OS. The summed E-state index contributed by atoms with van der Waals surface area (Å²) in [5.41, 5.74) is 5.95. The summed E-state index contributed by atoms with van der Waals surface area (Å²) in [4.78, 5) is 0. The standard InChI is InChI=1S/C9H20N2OS/c10-8-9(11-4-1-5-12)2-6-13-7-3-9/h11-12H,1-8,10H2. The Balaban J connectivity index is 2.29. The van der Waals surface area contributed by atoms with Gasteiger partial charge in [-0.2, -0.15) is 11.8 Å². The van der Waals surface area contributed by atoms with Crippen LogP contribution in [0, 0.1) is 0 Å². The van der Waals surface area contributed by atoms with Crippen LogP contribution in [0.5, 0.6) is 0 Å². The molecule has 0 bridgehead atoms. The SMILES string of the molecule is NCC1(NCCCO)CCSCC1. The summed E-state index contributed by atoms with van der Waals surface area (Å²) >= 11 is 2.01. The van der Waals surface area contributed by atoms with Crippen LogP contribution in [0.2, 0.25) is 0 Å². The highest BCUT2D eigenvalue weighted by atomic mass is 32.2. The average molecular weight is 204 g/mol. The number of nitrogens with two attached hydrogens (primary N) is 1. The van der Waals surface area contributed by atoms with Gasteiger partial charge in [-0.1, -0.05) is 0 Å². The van der Waals surface area contributed by atoms with E-state index in [0.29, 0.717) is 0 Å². The van der Waals surface area contributed by atoms with E-state index in [1.807, 2.05) is 11.8 Å². The van der Waals surface area contributed by atoms with Crippen molar-refractivity contribution in [1.82, 2.24) is 5.32 Å². The number of aliphatic hydroxyl groups is 1. The van der Waals surface area contributed by atoms with Gasteiger partial charge in [0.25, 0.3) is 0 Å². The van der Waals surface area contributed by atoms with Crippen LogP contribution in [-0.4, -0.2) is 41.8 Å². The zero-order valence-electron chi connectivity index (χ0n) is 8.09. The van der Waals surface area contributed by atoms with Gasteiger partial charge in [0.05, 0.1) is 0 Å². The Morgan fingerprint density at radius 2 is 2.08 bits per heavy atom. The Morgan fingerprint density at radius 3 is 2.62 bits per heavy atom. The van der Waals surface area contributed by atoms with Gasteiger partial charge in [-0.05, 0) is 37.3 Å². The molecule has 0 radical (unpaired) electrons. The summed E-state index contributed by atoms with van der Waals surface area (Å²) in [7, 11) is 0. The van der Waals surface area contributed by atoms with E-state index in [2.05, 4.69) is 5.32 Å². The topological polar surface area (TPSA) is 58.3 Å². The van der Waals surface area contributed by atoms with Crippen LogP contribution >= 0.6 is 11.8 Å². The number of rotatable bonds is 5. The van der Waals surface area contributed by atoms with Crippen molar-refractivity contribution in [3.63, 3.8) is 0 Å². The summed E-state index contributed by atoms with van der Waals surface area (Å²) in [6.45, 7) is 1.87. The second-order valence-corrected chi connectivity index (χ2v) is 4.83. The molecule has 0 aliphatic carbocycles. The fourth-order valence-corrected chi connectivity index (χ4v) is 2.92. The van der Waals surface area contributed by atoms with Crippen LogP contribution in [0.25, 0.3) is 0 Å². The molecule has 0 unspecified atom stereocenters. The van der Waals surface area contributed by atoms with Crippen LogP contribution < -0.4 is 11.1 Å². The molecule has 1 heterocycles. The van der Waals surface area contributed by atoms with Crippen molar-refractivity contribution in [2.45, 2.75) is 24.8 Å². The summed E-state index contributed by atoms with van der Waals surface area (Å²) in [5.74, 6) is 2.42. The molecule has 1 rings (SSSR count). The van der Waals surface area contributed by atoms with E-state index in [1.165, 1.54) is 24.3 Å². The number of hydrogen-bond donors (Lipinski definition) is 3. The molecule has 78 valence electrons. The monoisotopic (exact) mass is 204 g/mol. The highest BCUT2D eigenvalue weighted by molar-refractivity contribution is 7.99. The van der Waals surface area contributed by atoms with Crippen molar-refractivity contribution in [1.29, 1.82) is 0 Å². The maximum Gasteiger partial charge on any atom is 0.0443 e. The van der Waals surface area contributed by atoms with E-state index >= 15 is 0 Å². The van der Waals surface area contributed by atoms with Crippen molar-refractivity contribution in [3.05, 3.63) is 0 Å². The molecule has 4 N–H and O–H groups in total. The van der Waals surface area contributed by atoms with E-state index in [4.69, 9.17) is 10.8 Å². The highest BCUT2D eigenvalue weighted by Crippen LogP contribution is 2.25. The molecule has 0 aromatic rings. The van der Waals surface area contributed by atoms with Gasteiger partial charge in [-0.25, -0.2) is 0 Å². The van der Waals surface area contributed by atoms with Crippen LogP contribution in [0.1, 0.15) is 19.3 Å². The molecule has 1 aliphatic rings. The average Bonchev–Trinajstić information content (AvgIpc) is 2.20. The fourth-order valence-electron chi connectivity index (χ4n) is 1.65. The fraction of sp³-hybridized carbons (Fsp3) is 1.00. The Bertz CT molecular complexity index is 138. The van der Waals surface area contributed by atoms with Crippen LogP contribution in [0.15, 0.2) is 0 Å². The number of thioether (sulfide) groups is 1. The molecule has 1 saturated heterocycles. The van der Waals surface area contributed by atoms with Gasteiger partial charge in [0.15, 0.2) is 0 Å². The molecule has 0 spiro atoms. The van der Waals surface area contributed by atoms with Crippen molar-refractivity contribution >= 4 is 11.8 Å². The first-order valence-corrected chi connectivity index (χ1v) is 6.12. The maximum atomic E-state index is 8.68. The van der Waals surface area contributed by atoms with E-state index in [1.54, 1.807) is 0 Å². The highest BCUT2D eigenvalue weighted by Gasteiger charge is 2.29. The molecule has 0 amide bonds. The molecule has 1 aliphatic heterocycles. The minimum absolute atomic E-state index is 0.167. The molecule has 0 atom stereocenters. The normalized spacial score (nSPS) is 21.7. The van der Waals surface area contributed by atoms with Gasteiger partial charge in [-0.3, -0.25) is 0 Å². The van der Waals surface area contributed by atoms with Crippen molar-refractivity contribution in [3.8, 4) is 0 Å². The summed E-state index contributed by atoms with van der Waals surface area (Å²) in [5, 5.41) is 12.2. The van der Waals surface area contributed by atoms with E-state index < -0.39 is 0 Å². The molecule has 3 nitrogen and oxygen atoms in total. The van der Waals surface area contributed by atoms with Crippen LogP contribution in [-0.2, 0) is 0 Å². The second kappa shape index (κ2) is 5.86. The lowest BCUT2D eigenvalue weighted by Crippen LogP contribution is -2.53. The van der Waals surface area contributed by atoms with Gasteiger partial charge in [-0.15, -0.1) is 0 Å². The number of nitrogens with one attached hydrogen (secondary N) is 1. The quantitative estimate of drug-likeness (QED) is 0.559. The van der Waals surface area contributed by atoms with Gasteiger partial charge in [0.1, 0.15) is 0 Å². The number of aliphatic hydroxyl groups excluding tert-OH is 1. The molecule has 0 saturated carbocycles. The van der Waals surface area contributed by atoms with Gasteiger partial charge in [0, 0.05) is 18.7 Å². The lowest BCUT2D eigenvalue weighted by molar-refractivity contribution is 0.260. The largest absolute Gasteiger partial charge is 0.396 e. The molecular weight excluding hydrogens is 184 g/mol. The third kappa shape index (κ3) is 3.46. The van der Waals surface area contributed by atoms with Gasteiger partial charge in [0.2, 0.25) is 0 Å². The van der Waals surface area contributed by atoms with Crippen molar-refractivity contribution in [2.75, 3.05) is 31.2 Å². The van der Waals surface area contributed by atoms with Crippen molar-refractivity contribution < 1.29 is 5.11 Å². The first-order valence-electron chi connectivity index (χ1n) is 4.97. The maximum absolute atomic E-state index is 8.68. The smallest absolute Gasteiger partial charge is 0.0443 e. The van der Waals surface area contributed by atoms with E-state index in [-0.39, 0.29) is 12.1 Å². The molecule has 4 heteroatoms. The van der Waals surface area contributed by atoms with Gasteiger partial charge >= 0.3 is 0 Å². The Hall–Kier alpha value is 0.230. The zero-order chi connectivity index (χ0) is 9.57. The Labute approximate surface area is 84.5 Å². The van der Waals surface area contributed by atoms with Crippen molar-refractivity contribution in [2.24, 2.45) is 5.73 Å². The summed E-state index contributed by atoms with van der Waals surface area (Å²) in [6, 6.07) is 0. The minimum atomic E-state index is 0.167. The molecule has 0 aromatic heterocycles. The first kappa shape index (κ1) is 11.3. The Morgan fingerprint density at radius 1 is 1.38 bits per heavy atom. The number of hydrogen-bond acceptors (Lipinski definition) is 4. The third-order valence-electron chi connectivity index (χ3n) is 2.68. The third-order valence-corrected chi connectivity index (χ3v) is 3.66.